The highest BCUT2D eigenvalue weighted by atomic mass is 19.4. The second-order valence-electron chi connectivity index (χ2n) is 4.10. The molecular formula is C13H15F3N2O3. The highest BCUT2D eigenvalue weighted by Gasteiger charge is 2.33. The number of hydrogen-bond donors (Lipinski definition) is 1. The Bertz CT molecular complexity index is 477. The molecule has 1 rings (SSSR count). The Morgan fingerprint density at radius 1 is 1.24 bits per heavy atom. The van der Waals surface area contributed by atoms with E-state index >= 15 is 0 Å². The van der Waals surface area contributed by atoms with Crippen LogP contribution in [0.3, 0.4) is 0 Å². The van der Waals surface area contributed by atoms with Crippen molar-refractivity contribution in [3.8, 4) is 0 Å². The van der Waals surface area contributed by atoms with Gasteiger partial charge in [-0.1, -0.05) is 18.2 Å². The third-order valence-electron chi connectivity index (χ3n) is 2.50. The minimum atomic E-state index is -4.51. The van der Waals surface area contributed by atoms with Gasteiger partial charge < -0.3 is 15.0 Å². The SMILES string of the molecule is COC(=O)NCCC(=O)N(CC(F)(F)F)c1ccccc1. The predicted octanol–water partition coefficient (Wildman–Crippen LogP) is 2.33. The summed E-state index contributed by atoms with van der Waals surface area (Å²) in [5.41, 5.74) is 0.151. The summed E-state index contributed by atoms with van der Waals surface area (Å²) in [5, 5.41) is 2.24. The van der Waals surface area contributed by atoms with Crippen molar-refractivity contribution in [3.05, 3.63) is 30.3 Å². The van der Waals surface area contributed by atoms with Crippen molar-refractivity contribution in [2.45, 2.75) is 12.6 Å². The van der Waals surface area contributed by atoms with Crippen LogP contribution in [0.4, 0.5) is 23.7 Å². The van der Waals surface area contributed by atoms with E-state index in [2.05, 4.69) is 10.1 Å². The number of rotatable bonds is 5. The molecule has 1 aromatic carbocycles. The fourth-order valence-electron chi connectivity index (χ4n) is 1.59. The van der Waals surface area contributed by atoms with E-state index in [-0.39, 0.29) is 18.7 Å². The Morgan fingerprint density at radius 2 is 1.86 bits per heavy atom. The summed E-state index contributed by atoms with van der Waals surface area (Å²) >= 11 is 0. The van der Waals surface area contributed by atoms with Crippen LogP contribution in [0.1, 0.15) is 6.42 Å². The quantitative estimate of drug-likeness (QED) is 0.908. The summed E-state index contributed by atoms with van der Waals surface area (Å²) < 4.78 is 42.0. The Morgan fingerprint density at radius 3 is 2.38 bits per heavy atom. The van der Waals surface area contributed by atoms with E-state index in [9.17, 15) is 22.8 Å². The smallest absolute Gasteiger partial charge is 0.406 e. The van der Waals surface area contributed by atoms with E-state index in [1.165, 1.54) is 12.1 Å². The molecule has 116 valence electrons. The zero-order chi connectivity index (χ0) is 15.9. The maximum absolute atomic E-state index is 12.6. The molecule has 0 fully saturated rings. The molecule has 5 nitrogen and oxygen atoms in total. The first kappa shape index (κ1) is 16.8. The molecule has 2 amide bonds. The summed E-state index contributed by atoms with van der Waals surface area (Å²) in [6, 6.07) is 7.55. The normalized spacial score (nSPS) is 10.9. The van der Waals surface area contributed by atoms with E-state index < -0.39 is 24.7 Å². The van der Waals surface area contributed by atoms with E-state index in [0.29, 0.717) is 4.90 Å². The fraction of sp³-hybridized carbons (Fsp3) is 0.385. The van der Waals surface area contributed by atoms with Gasteiger partial charge >= 0.3 is 12.3 Å². The highest BCUT2D eigenvalue weighted by Crippen LogP contribution is 2.22. The second-order valence-corrected chi connectivity index (χ2v) is 4.10. The number of para-hydroxylation sites is 1. The minimum Gasteiger partial charge on any atom is -0.453 e. The van der Waals surface area contributed by atoms with Gasteiger partial charge in [0.1, 0.15) is 6.54 Å². The molecule has 0 heterocycles. The molecule has 21 heavy (non-hydrogen) atoms. The number of alkyl halides is 3. The second kappa shape index (κ2) is 7.51. The van der Waals surface area contributed by atoms with Gasteiger partial charge in [0.05, 0.1) is 7.11 Å². The Labute approximate surface area is 119 Å². The fourth-order valence-corrected chi connectivity index (χ4v) is 1.59. The molecule has 0 aliphatic heterocycles. The van der Waals surface area contributed by atoms with Gasteiger partial charge in [-0.25, -0.2) is 4.79 Å². The van der Waals surface area contributed by atoms with Gasteiger partial charge in [-0.05, 0) is 12.1 Å². The van der Waals surface area contributed by atoms with Crippen molar-refractivity contribution in [1.29, 1.82) is 0 Å². The van der Waals surface area contributed by atoms with E-state index in [1.807, 2.05) is 0 Å². The third kappa shape index (κ3) is 6.15. The molecule has 0 saturated heterocycles. The van der Waals surface area contributed by atoms with Crippen molar-refractivity contribution < 1.29 is 27.5 Å². The van der Waals surface area contributed by atoms with Crippen LogP contribution in [0.25, 0.3) is 0 Å². The summed E-state index contributed by atoms with van der Waals surface area (Å²) in [6.45, 7) is -1.49. The molecule has 8 heteroatoms. The number of hydrogen-bond acceptors (Lipinski definition) is 3. The number of carbonyl (C=O) groups is 2. The summed E-state index contributed by atoms with van der Waals surface area (Å²) in [6.07, 6.45) is -5.52. The topological polar surface area (TPSA) is 58.6 Å². The summed E-state index contributed by atoms with van der Waals surface area (Å²) in [5.74, 6) is -0.741. The van der Waals surface area contributed by atoms with Gasteiger partial charge in [-0.2, -0.15) is 13.2 Å². The van der Waals surface area contributed by atoms with Gasteiger partial charge in [-0.15, -0.1) is 0 Å². The average Bonchev–Trinajstić information content (AvgIpc) is 2.44. The van der Waals surface area contributed by atoms with Gasteiger partial charge in [0, 0.05) is 18.7 Å². The number of nitrogens with one attached hydrogen (secondary N) is 1. The van der Waals surface area contributed by atoms with Crippen LogP contribution in [-0.4, -0.2) is 38.4 Å². The zero-order valence-corrected chi connectivity index (χ0v) is 11.3. The number of ether oxygens (including phenoxy) is 1. The van der Waals surface area contributed by atoms with Crippen molar-refractivity contribution in [3.63, 3.8) is 0 Å². The van der Waals surface area contributed by atoms with Crippen molar-refractivity contribution in [2.75, 3.05) is 25.1 Å². The van der Waals surface area contributed by atoms with Gasteiger partial charge in [-0.3, -0.25) is 4.79 Å². The molecule has 0 aliphatic rings. The molecule has 0 unspecified atom stereocenters. The Balaban J connectivity index is 2.72. The Hall–Kier alpha value is -2.25. The predicted molar refractivity (Wildman–Crippen MR) is 69.9 cm³/mol. The number of halogens is 3. The first-order chi connectivity index (χ1) is 9.83. The summed E-state index contributed by atoms with van der Waals surface area (Å²) in [7, 11) is 1.15. The lowest BCUT2D eigenvalue weighted by Crippen LogP contribution is -2.40. The number of carbonyl (C=O) groups excluding carboxylic acids is 2. The third-order valence-corrected chi connectivity index (χ3v) is 2.50. The van der Waals surface area contributed by atoms with Crippen LogP contribution < -0.4 is 10.2 Å². The number of methoxy groups -OCH3 is 1. The molecular weight excluding hydrogens is 289 g/mol. The molecule has 0 saturated carbocycles. The maximum atomic E-state index is 12.6. The average molecular weight is 304 g/mol. The van der Waals surface area contributed by atoms with Gasteiger partial charge in [0.25, 0.3) is 0 Å². The maximum Gasteiger partial charge on any atom is 0.406 e. The van der Waals surface area contributed by atoms with E-state index in [1.54, 1.807) is 18.2 Å². The van der Waals surface area contributed by atoms with Crippen molar-refractivity contribution >= 4 is 17.7 Å². The van der Waals surface area contributed by atoms with Crippen LogP contribution >= 0.6 is 0 Å². The van der Waals surface area contributed by atoms with E-state index in [4.69, 9.17) is 0 Å². The molecule has 0 radical (unpaired) electrons. The number of amides is 2. The van der Waals surface area contributed by atoms with Crippen LogP contribution in [0.2, 0.25) is 0 Å². The Kier molecular flexibility index (Phi) is 6.01. The van der Waals surface area contributed by atoms with Crippen molar-refractivity contribution in [1.82, 2.24) is 5.32 Å². The number of benzene rings is 1. The zero-order valence-electron chi connectivity index (χ0n) is 11.3. The van der Waals surface area contributed by atoms with Crippen molar-refractivity contribution in [2.24, 2.45) is 0 Å². The number of nitrogens with zero attached hydrogens (tertiary/aromatic N) is 1. The van der Waals surface area contributed by atoms with Gasteiger partial charge in [0.2, 0.25) is 5.91 Å². The van der Waals surface area contributed by atoms with Crippen LogP contribution in [0, 0.1) is 0 Å². The number of anilines is 1. The lowest BCUT2D eigenvalue weighted by atomic mass is 10.2. The molecule has 1 N–H and O–H groups in total. The highest BCUT2D eigenvalue weighted by molar-refractivity contribution is 5.93. The molecule has 1 aromatic rings. The van der Waals surface area contributed by atoms with Gasteiger partial charge in [0.15, 0.2) is 0 Å². The van der Waals surface area contributed by atoms with Crippen LogP contribution in [0.5, 0.6) is 0 Å². The summed E-state index contributed by atoms with van der Waals surface area (Å²) in [4.78, 5) is 23.4. The molecule has 0 bridgehead atoms. The monoisotopic (exact) mass is 304 g/mol. The standard InChI is InChI=1S/C13H15F3N2O3/c1-21-12(20)17-8-7-11(19)18(9-13(14,15)16)10-5-3-2-4-6-10/h2-6H,7-9H2,1H3,(H,17,20). The first-order valence-electron chi connectivity index (χ1n) is 6.07. The minimum absolute atomic E-state index is 0.104. The van der Waals surface area contributed by atoms with Crippen LogP contribution in [0.15, 0.2) is 30.3 Å². The molecule has 0 aliphatic carbocycles. The lowest BCUT2D eigenvalue weighted by Gasteiger charge is -2.24. The molecule has 0 spiro atoms. The molecule has 0 atom stereocenters. The van der Waals surface area contributed by atoms with E-state index in [0.717, 1.165) is 7.11 Å². The number of alkyl carbamates (subject to hydrolysis) is 1. The molecule has 0 aromatic heterocycles. The van der Waals surface area contributed by atoms with Crippen LogP contribution in [-0.2, 0) is 9.53 Å². The first-order valence-corrected chi connectivity index (χ1v) is 6.07. The largest absolute Gasteiger partial charge is 0.453 e. The lowest BCUT2D eigenvalue weighted by molar-refractivity contribution is -0.132.